The van der Waals surface area contributed by atoms with Crippen molar-refractivity contribution in [2.24, 2.45) is 0 Å². The molecule has 0 aromatic heterocycles. The fourth-order valence-electron chi connectivity index (χ4n) is 3.53. The number of carbonyl (C=O) groups excluding carboxylic acids is 1. The second kappa shape index (κ2) is 9.07. The van der Waals surface area contributed by atoms with Crippen molar-refractivity contribution in [1.29, 1.82) is 0 Å². The summed E-state index contributed by atoms with van der Waals surface area (Å²) in [5.41, 5.74) is 1.88. The minimum absolute atomic E-state index is 0.110. The number of halogens is 1. The van der Waals surface area contributed by atoms with Gasteiger partial charge in [0.2, 0.25) is 0 Å². The molecular weight excluding hydrogens is 399 g/mol. The molecule has 1 fully saturated rings. The molecule has 1 N–H and O–H groups in total. The highest BCUT2D eigenvalue weighted by atomic mass is 19.1. The Hall–Kier alpha value is -3.55. The van der Waals surface area contributed by atoms with Gasteiger partial charge in [-0.15, -0.1) is 0 Å². The van der Waals surface area contributed by atoms with Crippen LogP contribution in [0.4, 0.5) is 10.1 Å². The van der Waals surface area contributed by atoms with E-state index < -0.39 is 11.8 Å². The standard InChI is InChI=1S/C24H21FN2O4/c25-22-11-10-19(16-21(22)17-6-8-18(9-7-17)24(29)30)23(28)27(20-4-2-1-3-5-20)26-12-14-31-15-13-26/h1-11,16H,12-15H2,(H,29,30). The van der Waals surface area contributed by atoms with E-state index in [-0.39, 0.29) is 17.0 Å². The maximum Gasteiger partial charge on any atom is 0.335 e. The van der Waals surface area contributed by atoms with Crippen LogP contribution < -0.4 is 5.01 Å². The first kappa shape index (κ1) is 20.7. The Morgan fingerprint density at radius 1 is 0.903 bits per heavy atom. The van der Waals surface area contributed by atoms with Gasteiger partial charge in [0.05, 0.1) is 24.5 Å². The minimum Gasteiger partial charge on any atom is -0.478 e. The Balaban J connectivity index is 1.70. The van der Waals surface area contributed by atoms with Crippen LogP contribution in [0.3, 0.4) is 0 Å². The van der Waals surface area contributed by atoms with E-state index >= 15 is 0 Å². The zero-order valence-corrected chi connectivity index (χ0v) is 16.7. The molecule has 1 amide bonds. The number of benzene rings is 3. The fraction of sp³-hybridized carbons (Fsp3) is 0.167. The lowest BCUT2D eigenvalue weighted by Crippen LogP contribution is -2.52. The predicted molar refractivity (Wildman–Crippen MR) is 114 cm³/mol. The van der Waals surface area contributed by atoms with Crippen LogP contribution in [0.5, 0.6) is 0 Å². The van der Waals surface area contributed by atoms with Crippen molar-refractivity contribution in [3.63, 3.8) is 0 Å². The molecule has 31 heavy (non-hydrogen) atoms. The van der Waals surface area contributed by atoms with Crippen molar-refractivity contribution in [2.45, 2.75) is 0 Å². The summed E-state index contributed by atoms with van der Waals surface area (Å²) in [5.74, 6) is -1.83. The van der Waals surface area contributed by atoms with Gasteiger partial charge in [0.15, 0.2) is 0 Å². The first-order chi connectivity index (χ1) is 15.0. The molecule has 1 aliphatic rings. The molecule has 1 saturated heterocycles. The average Bonchev–Trinajstić information content (AvgIpc) is 2.81. The zero-order valence-electron chi connectivity index (χ0n) is 16.7. The van der Waals surface area contributed by atoms with Crippen LogP contribution in [0, 0.1) is 5.82 Å². The van der Waals surface area contributed by atoms with Crippen molar-refractivity contribution in [3.05, 3.63) is 89.7 Å². The summed E-state index contributed by atoms with van der Waals surface area (Å²) in [6, 6.07) is 19.4. The lowest BCUT2D eigenvalue weighted by Gasteiger charge is -2.37. The Labute approximate surface area is 179 Å². The number of carboxylic acids is 1. The number of amides is 1. The normalized spacial score (nSPS) is 14.2. The largest absolute Gasteiger partial charge is 0.478 e. The molecule has 3 aromatic rings. The maximum atomic E-state index is 14.6. The van der Waals surface area contributed by atoms with Crippen LogP contribution in [0.1, 0.15) is 20.7 Å². The van der Waals surface area contributed by atoms with Gasteiger partial charge in [-0.05, 0) is 48.0 Å². The van der Waals surface area contributed by atoms with E-state index in [9.17, 15) is 14.0 Å². The molecule has 6 nitrogen and oxygen atoms in total. The monoisotopic (exact) mass is 420 g/mol. The second-order valence-corrected chi connectivity index (χ2v) is 7.10. The van der Waals surface area contributed by atoms with Gasteiger partial charge in [-0.25, -0.2) is 19.2 Å². The number of morpholine rings is 1. The van der Waals surface area contributed by atoms with E-state index in [4.69, 9.17) is 9.84 Å². The number of hydrogen-bond donors (Lipinski definition) is 1. The minimum atomic E-state index is -1.06. The second-order valence-electron chi connectivity index (χ2n) is 7.10. The summed E-state index contributed by atoms with van der Waals surface area (Å²) in [7, 11) is 0. The van der Waals surface area contributed by atoms with Crippen LogP contribution in [0.2, 0.25) is 0 Å². The van der Waals surface area contributed by atoms with Crippen molar-refractivity contribution in [3.8, 4) is 11.1 Å². The summed E-state index contributed by atoms with van der Waals surface area (Å²) >= 11 is 0. The number of nitrogens with zero attached hydrogens (tertiary/aromatic N) is 2. The summed E-state index contributed by atoms with van der Waals surface area (Å²) < 4.78 is 20.0. The van der Waals surface area contributed by atoms with Crippen molar-refractivity contribution < 1.29 is 23.8 Å². The Bertz CT molecular complexity index is 1080. The van der Waals surface area contributed by atoms with E-state index in [0.29, 0.717) is 43.1 Å². The van der Waals surface area contributed by atoms with Crippen molar-refractivity contribution in [1.82, 2.24) is 5.01 Å². The fourth-order valence-corrected chi connectivity index (χ4v) is 3.53. The number of ether oxygens (including phenoxy) is 1. The predicted octanol–water partition coefficient (Wildman–Crippen LogP) is 4.08. The molecule has 7 heteroatoms. The lowest BCUT2D eigenvalue weighted by molar-refractivity contribution is 0.0300. The summed E-state index contributed by atoms with van der Waals surface area (Å²) in [4.78, 5) is 24.6. The van der Waals surface area contributed by atoms with Gasteiger partial charge in [0.25, 0.3) is 5.91 Å². The van der Waals surface area contributed by atoms with Crippen LogP contribution in [-0.2, 0) is 4.74 Å². The smallest absolute Gasteiger partial charge is 0.335 e. The van der Waals surface area contributed by atoms with E-state index in [1.807, 2.05) is 35.3 Å². The molecule has 0 radical (unpaired) electrons. The Kier molecular flexibility index (Phi) is 6.06. The molecule has 0 spiro atoms. The maximum absolute atomic E-state index is 14.6. The van der Waals surface area contributed by atoms with Gasteiger partial charge in [-0.1, -0.05) is 30.3 Å². The highest BCUT2D eigenvalue weighted by molar-refractivity contribution is 6.06. The zero-order chi connectivity index (χ0) is 21.8. The first-order valence-corrected chi connectivity index (χ1v) is 9.90. The van der Waals surface area contributed by atoms with E-state index in [2.05, 4.69) is 0 Å². The van der Waals surface area contributed by atoms with Crippen LogP contribution in [0.25, 0.3) is 11.1 Å². The molecule has 0 unspecified atom stereocenters. The van der Waals surface area contributed by atoms with Gasteiger partial charge in [-0.2, -0.15) is 0 Å². The van der Waals surface area contributed by atoms with Crippen molar-refractivity contribution in [2.75, 3.05) is 31.3 Å². The highest BCUT2D eigenvalue weighted by Crippen LogP contribution is 2.27. The third-order valence-corrected chi connectivity index (χ3v) is 5.12. The SMILES string of the molecule is O=C(O)c1ccc(-c2cc(C(=O)N(c3ccccc3)N3CCOCC3)ccc2F)cc1. The van der Waals surface area contributed by atoms with Gasteiger partial charge in [0.1, 0.15) is 5.82 Å². The van der Waals surface area contributed by atoms with E-state index in [1.54, 1.807) is 5.01 Å². The van der Waals surface area contributed by atoms with Gasteiger partial charge in [0, 0.05) is 24.2 Å². The molecule has 0 saturated carbocycles. The van der Waals surface area contributed by atoms with Crippen molar-refractivity contribution >= 4 is 17.6 Å². The van der Waals surface area contributed by atoms with E-state index in [0.717, 1.165) is 0 Å². The van der Waals surface area contributed by atoms with Gasteiger partial charge >= 0.3 is 5.97 Å². The summed E-state index contributed by atoms with van der Waals surface area (Å²) in [6.45, 7) is 2.15. The average molecular weight is 420 g/mol. The molecule has 1 aliphatic heterocycles. The molecule has 0 bridgehead atoms. The lowest BCUT2D eigenvalue weighted by atomic mass is 10.0. The third-order valence-electron chi connectivity index (χ3n) is 5.12. The number of anilines is 1. The number of para-hydroxylation sites is 1. The summed E-state index contributed by atoms with van der Waals surface area (Å²) in [6.07, 6.45) is 0. The molecule has 158 valence electrons. The summed E-state index contributed by atoms with van der Waals surface area (Å²) in [5, 5.41) is 12.6. The number of aromatic carboxylic acids is 1. The molecule has 4 rings (SSSR count). The molecule has 0 atom stereocenters. The third kappa shape index (κ3) is 4.47. The molecule has 0 aliphatic carbocycles. The Morgan fingerprint density at radius 2 is 1.55 bits per heavy atom. The quantitative estimate of drug-likeness (QED) is 0.674. The number of hydrazine groups is 1. The molecule has 1 heterocycles. The molecule has 3 aromatic carbocycles. The number of hydrogen-bond acceptors (Lipinski definition) is 4. The number of rotatable bonds is 5. The highest BCUT2D eigenvalue weighted by Gasteiger charge is 2.27. The topological polar surface area (TPSA) is 70.1 Å². The Morgan fingerprint density at radius 3 is 2.19 bits per heavy atom. The van der Waals surface area contributed by atoms with Gasteiger partial charge in [-0.3, -0.25) is 4.79 Å². The van der Waals surface area contributed by atoms with E-state index in [1.165, 1.54) is 42.5 Å². The number of carboxylic acid groups (broad SMARTS) is 1. The first-order valence-electron chi connectivity index (χ1n) is 9.90. The van der Waals surface area contributed by atoms with Crippen LogP contribution in [-0.4, -0.2) is 48.3 Å². The molecular formula is C24H21FN2O4. The van der Waals surface area contributed by atoms with Crippen LogP contribution >= 0.6 is 0 Å². The van der Waals surface area contributed by atoms with Crippen LogP contribution in [0.15, 0.2) is 72.8 Å². The van der Waals surface area contributed by atoms with Gasteiger partial charge < -0.3 is 9.84 Å². The number of carbonyl (C=O) groups is 2.